The molecule has 0 spiro atoms. The fourth-order valence-corrected chi connectivity index (χ4v) is 7.15. The lowest BCUT2D eigenvalue weighted by atomic mass is 10.1. The molecule has 412 valence electrons. The summed E-state index contributed by atoms with van der Waals surface area (Å²) in [5, 5.41) is 36.9. The summed E-state index contributed by atoms with van der Waals surface area (Å²) in [5.74, 6) is -4.00. The molecule has 4 atom stereocenters. The summed E-state index contributed by atoms with van der Waals surface area (Å²) < 4.78 is 21.0. The number of Topliss-reactive ketones (excluding diaryl/α,β-unsaturated/α-hetero) is 1. The van der Waals surface area contributed by atoms with Crippen molar-refractivity contribution in [2.24, 2.45) is 5.73 Å². The molecule has 2 aromatic heterocycles. The molecule has 0 fully saturated rings. The normalized spacial score (nSPS) is 12.2. The molecule has 23 nitrogen and oxygen atoms in total. The Bertz CT molecular complexity index is 2380. The first-order valence-corrected chi connectivity index (χ1v) is 24.6. The largest absolute Gasteiger partial charge is 0.497 e. The maximum Gasteiger partial charge on any atom is 0.329 e. The van der Waals surface area contributed by atoms with Gasteiger partial charge in [-0.1, -0.05) is 36.4 Å². The Morgan fingerprint density at radius 3 is 1.49 bits per heavy atom. The van der Waals surface area contributed by atoms with Crippen molar-refractivity contribution in [2.45, 2.75) is 122 Å². The van der Waals surface area contributed by atoms with E-state index in [1.807, 2.05) is 36.4 Å². The number of aromatic nitrogens is 2. The van der Waals surface area contributed by atoms with Crippen LogP contribution in [-0.4, -0.2) is 129 Å². The van der Waals surface area contributed by atoms with Crippen molar-refractivity contribution in [2.75, 3.05) is 27.3 Å². The van der Waals surface area contributed by atoms with Gasteiger partial charge in [-0.05, 0) is 131 Å². The number of hydrogen-bond donors (Lipinski definition) is 8. The van der Waals surface area contributed by atoms with E-state index < -0.39 is 72.5 Å². The number of carbonyl (C=O) groups excluding carboxylic acids is 5. The number of esters is 2. The number of ether oxygens (including phenoxy) is 4. The Balaban J connectivity index is 0.000000402. The van der Waals surface area contributed by atoms with E-state index in [4.69, 9.17) is 34.9 Å². The van der Waals surface area contributed by atoms with E-state index in [9.17, 15) is 43.5 Å². The number of unbranched alkanes of at least 4 members (excludes halogenated alkanes) is 2. The Kier molecular flexibility index (Phi) is 28.7. The van der Waals surface area contributed by atoms with Gasteiger partial charge in [-0.2, -0.15) is 0 Å². The first kappa shape index (κ1) is 62.1. The zero-order valence-corrected chi connectivity index (χ0v) is 43.0. The Morgan fingerprint density at radius 1 is 0.566 bits per heavy atom. The maximum atomic E-state index is 12.9. The van der Waals surface area contributed by atoms with Gasteiger partial charge in [-0.25, -0.2) is 24.0 Å². The van der Waals surface area contributed by atoms with E-state index in [1.165, 1.54) is 6.92 Å². The molecule has 4 rings (SSSR count). The average molecular weight is 1060 g/mol. The van der Waals surface area contributed by atoms with E-state index in [0.717, 1.165) is 17.0 Å². The number of carbonyl (C=O) groups is 8. The fraction of sp³-hybridized carbons (Fsp3) is 0.434. The van der Waals surface area contributed by atoms with Crippen molar-refractivity contribution in [3.05, 3.63) is 120 Å². The Morgan fingerprint density at radius 2 is 1.03 bits per heavy atom. The minimum absolute atomic E-state index is 0.0420. The summed E-state index contributed by atoms with van der Waals surface area (Å²) in [7, 11) is 3.11. The minimum atomic E-state index is -1.44. The van der Waals surface area contributed by atoms with Crippen LogP contribution in [0, 0.1) is 0 Å². The number of aliphatic carboxylic acids is 3. The van der Waals surface area contributed by atoms with Gasteiger partial charge in [0.05, 0.1) is 31.6 Å². The average Bonchev–Trinajstić information content (AvgIpc) is 3.41. The van der Waals surface area contributed by atoms with E-state index in [-0.39, 0.29) is 44.7 Å². The van der Waals surface area contributed by atoms with Gasteiger partial charge >= 0.3 is 41.9 Å². The highest BCUT2D eigenvalue weighted by molar-refractivity contribution is 5.89. The van der Waals surface area contributed by atoms with Crippen LogP contribution >= 0.6 is 0 Å². The molecule has 0 saturated heterocycles. The lowest BCUT2D eigenvalue weighted by Gasteiger charge is -2.22. The predicted octanol–water partition coefficient (Wildman–Crippen LogP) is 4.74. The smallest absolute Gasteiger partial charge is 0.329 e. The number of pyridine rings is 2. The molecule has 76 heavy (non-hydrogen) atoms. The quantitative estimate of drug-likeness (QED) is 0.0236. The van der Waals surface area contributed by atoms with Crippen LogP contribution in [0.3, 0.4) is 0 Å². The molecule has 0 saturated carbocycles. The standard InChI is InChI=1S/C29H39N3O8.C24H31N5O7/c1-20(33)25(6-4-5-17-30)31-29(36)32-26(28(35)40-19-22-9-13-24(38-3)14-10-22)15-16-27(34)39-18-21-7-11-23(37-2)12-8-21;30-21(31)11-10-20(23(34)35)28-24(36)27-19(22(32)33)9-3-6-14-29(15-17-7-1-4-12-25-17)16-18-8-2-5-13-26-18/h7-14,25-26H,4-6,15-19,30H2,1-3H3,(H2,31,32,36);1-2,4-5,7-8,12-13,19-20H,3,6,9-11,14-16H2,(H,30,31)(H,32,33)(H,34,35)(H2,27,28,36)/t25-,26-;19-,20-/m00/s1. The number of benzene rings is 2. The summed E-state index contributed by atoms with van der Waals surface area (Å²) in [4.78, 5) is 107. The molecule has 0 unspecified atom stereocenters. The van der Waals surface area contributed by atoms with E-state index in [2.05, 4.69) is 36.1 Å². The number of urea groups is 2. The molecule has 0 aliphatic heterocycles. The number of rotatable bonds is 33. The number of nitrogens with zero attached hydrogens (tertiary/aromatic N) is 3. The molecule has 2 aromatic carbocycles. The highest BCUT2D eigenvalue weighted by Gasteiger charge is 2.27. The van der Waals surface area contributed by atoms with Gasteiger partial charge in [0, 0.05) is 38.3 Å². The van der Waals surface area contributed by atoms with Crippen LogP contribution in [0.2, 0.25) is 0 Å². The summed E-state index contributed by atoms with van der Waals surface area (Å²) >= 11 is 0. The zero-order chi connectivity index (χ0) is 55.7. The van der Waals surface area contributed by atoms with Crippen LogP contribution in [0.15, 0.2) is 97.3 Å². The third-order valence-electron chi connectivity index (χ3n) is 11.4. The summed E-state index contributed by atoms with van der Waals surface area (Å²) in [6.07, 6.45) is 5.52. The van der Waals surface area contributed by atoms with Crippen molar-refractivity contribution in [1.82, 2.24) is 36.1 Å². The highest BCUT2D eigenvalue weighted by Crippen LogP contribution is 2.16. The van der Waals surface area contributed by atoms with Crippen molar-refractivity contribution in [3.8, 4) is 11.5 Å². The molecule has 23 heteroatoms. The molecular weight excluding hydrogens is 989 g/mol. The van der Waals surface area contributed by atoms with Crippen molar-refractivity contribution in [3.63, 3.8) is 0 Å². The second-order valence-corrected chi connectivity index (χ2v) is 17.3. The number of hydrogen-bond acceptors (Lipinski definition) is 16. The van der Waals surface area contributed by atoms with Crippen LogP contribution in [0.4, 0.5) is 9.59 Å². The van der Waals surface area contributed by atoms with Gasteiger partial charge in [0.1, 0.15) is 42.8 Å². The molecule has 4 amide bonds. The number of amides is 4. The topological polar surface area (TPSA) is 337 Å². The zero-order valence-electron chi connectivity index (χ0n) is 43.0. The lowest BCUT2D eigenvalue weighted by molar-refractivity contribution is -0.149. The molecule has 2 heterocycles. The summed E-state index contributed by atoms with van der Waals surface area (Å²) in [6, 6.07) is 19.1. The molecule has 4 aromatic rings. The van der Waals surface area contributed by atoms with Crippen molar-refractivity contribution >= 4 is 47.7 Å². The maximum absolute atomic E-state index is 12.9. The van der Waals surface area contributed by atoms with Gasteiger partial charge in [-0.3, -0.25) is 29.3 Å². The minimum Gasteiger partial charge on any atom is -0.497 e. The summed E-state index contributed by atoms with van der Waals surface area (Å²) in [5.41, 5.74) is 8.79. The van der Waals surface area contributed by atoms with Crippen molar-refractivity contribution < 1.29 is 72.6 Å². The van der Waals surface area contributed by atoms with Crippen LogP contribution in [0.25, 0.3) is 0 Å². The second kappa shape index (κ2) is 35.1. The van der Waals surface area contributed by atoms with E-state index >= 15 is 0 Å². The number of nitrogens with two attached hydrogens (primary N) is 1. The van der Waals surface area contributed by atoms with Gasteiger partial charge < -0.3 is 61.3 Å². The molecule has 0 aliphatic rings. The fourth-order valence-electron chi connectivity index (χ4n) is 7.15. The molecule has 9 N–H and O–H groups in total. The highest BCUT2D eigenvalue weighted by atomic mass is 16.5. The number of carboxylic acids is 3. The molecular formula is C53H70N8O15. The van der Waals surface area contributed by atoms with E-state index in [0.29, 0.717) is 75.3 Å². The summed E-state index contributed by atoms with van der Waals surface area (Å²) in [6.45, 7) is 3.69. The second-order valence-electron chi connectivity index (χ2n) is 17.3. The van der Waals surface area contributed by atoms with E-state index in [1.54, 1.807) is 75.1 Å². The predicted molar refractivity (Wildman–Crippen MR) is 275 cm³/mol. The number of methoxy groups -OCH3 is 2. The third kappa shape index (κ3) is 25.7. The first-order chi connectivity index (χ1) is 36.5. The molecule has 0 aliphatic carbocycles. The monoisotopic (exact) mass is 1060 g/mol. The number of nitrogens with one attached hydrogen (secondary N) is 4. The van der Waals surface area contributed by atoms with Crippen LogP contribution in [0.5, 0.6) is 11.5 Å². The van der Waals surface area contributed by atoms with Crippen LogP contribution < -0.4 is 36.5 Å². The Hall–Kier alpha value is -8.18. The van der Waals surface area contributed by atoms with Crippen LogP contribution in [0.1, 0.15) is 93.6 Å². The number of ketones is 1. The molecule has 0 radical (unpaired) electrons. The Labute approximate surface area is 441 Å². The van der Waals surface area contributed by atoms with Crippen LogP contribution in [-0.2, 0) is 64.5 Å². The molecule has 0 bridgehead atoms. The van der Waals surface area contributed by atoms with Crippen molar-refractivity contribution in [1.29, 1.82) is 0 Å². The lowest BCUT2D eigenvalue weighted by Crippen LogP contribution is -2.51. The first-order valence-electron chi connectivity index (χ1n) is 24.6. The van der Waals surface area contributed by atoms with Gasteiger partial charge in [0.25, 0.3) is 0 Å². The number of carboxylic acid groups (broad SMARTS) is 3. The third-order valence-corrected chi connectivity index (χ3v) is 11.4. The van der Waals surface area contributed by atoms with Gasteiger partial charge in [0.2, 0.25) is 0 Å². The van der Waals surface area contributed by atoms with Gasteiger partial charge in [-0.15, -0.1) is 0 Å². The SMILES string of the molecule is COc1ccc(COC(=O)CC[C@H](NC(=O)N[C@@H](CCCCN)C(C)=O)C(=O)OCc2ccc(OC)cc2)cc1.O=C(O)CC[C@H](NC(=O)N[C@@H](CCCCN(Cc1ccccn1)Cc1ccccn1)C(=O)O)C(=O)O. The van der Waals surface area contributed by atoms with Gasteiger partial charge in [0.15, 0.2) is 5.78 Å².